The van der Waals surface area contributed by atoms with Gasteiger partial charge in [0.1, 0.15) is 5.58 Å². The molecule has 114 valence electrons. The molecular formula is C22H13ClO. The van der Waals surface area contributed by atoms with Crippen molar-refractivity contribution in [2.24, 2.45) is 0 Å². The number of rotatable bonds is 1. The number of furan rings is 1. The van der Waals surface area contributed by atoms with Crippen LogP contribution < -0.4 is 0 Å². The van der Waals surface area contributed by atoms with Gasteiger partial charge in [-0.3, -0.25) is 0 Å². The second kappa shape index (κ2) is 5.12. The summed E-state index contributed by atoms with van der Waals surface area (Å²) in [5.41, 5.74) is 3.32. The van der Waals surface area contributed by atoms with Crippen LogP contribution in [-0.2, 0) is 0 Å². The van der Waals surface area contributed by atoms with Crippen LogP contribution in [0.15, 0.2) is 83.5 Å². The fraction of sp³-hybridized carbons (Fsp3) is 0. The Kier molecular flexibility index (Phi) is 2.91. The molecule has 0 amide bonds. The second-order valence-corrected chi connectivity index (χ2v) is 6.48. The van der Waals surface area contributed by atoms with Gasteiger partial charge in [-0.2, -0.15) is 0 Å². The molecule has 1 aromatic heterocycles. The topological polar surface area (TPSA) is 13.1 Å². The van der Waals surface area contributed by atoms with Crippen molar-refractivity contribution in [3.05, 3.63) is 84.1 Å². The van der Waals surface area contributed by atoms with E-state index in [9.17, 15) is 0 Å². The molecule has 5 aromatic rings. The van der Waals surface area contributed by atoms with Gasteiger partial charge in [-0.25, -0.2) is 0 Å². The van der Waals surface area contributed by atoms with Gasteiger partial charge in [-0.15, -0.1) is 0 Å². The van der Waals surface area contributed by atoms with E-state index >= 15 is 0 Å². The van der Waals surface area contributed by atoms with E-state index in [1.165, 1.54) is 32.7 Å². The molecule has 24 heavy (non-hydrogen) atoms. The molecule has 0 bridgehead atoms. The maximum absolute atomic E-state index is 6.11. The van der Waals surface area contributed by atoms with Gasteiger partial charge in [0.25, 0.3) is 0 Å². The maximum Gasteiger partial charge on any atom is 0.133 e. The average molecular weight is 329 g/mol. The summed E-state index contributed by atoms with van der Waals surface area (Å²) in [6.07, 6.45) is 1.73. The molecule has 0 fully saturated rings. The van der Waals surface area contributed by atoms with Crippen LogP contribution in [0.25, 0.3) is 43.6 Å². The van der Waals surface area contributed by atoms with Crippen LogP contribution in [0, 0.1) is 0 Å². The Morgan fingerprint density at radius 2 is 1.25 bits per heavy atom. The summed E-state index contributed by atoms with van der Waals surface area (Å²) in [5.74, 6) is 0. The first kappa shape index (κ1) is 13.6. The Balaban J connectivity index is 1.72. The van der Waals surface area contributed by atoms with E-state index in [0.717, 1.165) is 16.0 Å². The zero-order valence-electron chi connectivity index (χ0n) is 12.8. The van der Waals surface area contributed by atoms with Crippen molar-refractivity contribution in [3.8, 4) is 11.1 Å². The van der Waals surface area contributed by atoms with Crippen LogP contribution in [0.3, 0.4) is 0 Å². The lowest BCUT2D eigenvalue weighted by Gasteiger charge is -2.08. The first-order valence-corrected chi connectivity index (χ1v) is 8.25. The molecule has 0 saturated carbocycles. The third kappa shape index (κ3) is 2.10. The number of fused-ring (bicyclic) bond motifs is 4. The highest BCUT2D eigenvalue weighted by molar-refractivity contribution is 6.31. The van der Waals surface area contributed by atoms with Crippen molar-refractivity contribution < 1.29 is 4.42 Å². The molecule has 0 radical (unpaired) electrons. The molecule has 1 heterocycles. The molecule has 1 nitrogen and oxygen atoms in total. The predicted octanol–water partition coefficient (Wildman–Crippen LogP) is 7.06. The molecule has 2 heteroatoms. The summed E-state index contributed by atoms with van der Waals surface area (Å²) in [5, 5.41) is 6.77. The van der Waals surface area contributed by atoms with Gasteiger partial charge in [-0.1, -0.05) is 48.0 Å². The van der Waals surface area contributed by atoms with Crippen molar-refractivity contribution in [1.82, 2.24) is 0 Å². The second-order valence-electron chi connectivity index (χ2n) is 6.04. The lowest BCUT2D eigenvalue weighted by atomic mass is 9.97. The van der Waals surface area contributed by atoms with Crippen LogP contribution >= 0.6 is 11.6 Å². The summed E-state index contributed by atoms with van der Waals surface area (Å²) >= 11 is 6.11. The van der Waals surface area contributed by atoms with Gasteiger partial charge in [0.15, 0.2) is 0 Å². The van der Waals surface area contributed by atoms with E-state index in [4.69, 9.17) is 16.0 Å². The van der Waals surface area contributed by atoms with E-state index in [0.29, 0.717) is 0 Å². The van der Waals surface area contributed by atoms with Crippen LogP contribution in [-0.4, -0.2) is 0 Å². The van der Waals surface area contributed by atoms with Crippen molar-refractivity contribution >= 4 is 44.1 Å². The van der Waals surface area contributed by atoms with E-state index in [2.05, 4.69) is 48.5 Å². The molecule has 0 spiro atoms. The van der Waals surface area contributed by atoms with Crippen LogP contribution in [0.2, 0.25) is 5.02 Å². The third-order valence-electron chi connectivity index (χ3n) is 4.58. The summed E-state index contributed by atoms with van der Waals surface area (Å²) in [4.78, 5) is 0. The van der Waals surface area contributed by atoms with Gasteiger partial charge >= 0.3 is 0 Å². The third-order valence-corrected chi connectivity index (χ3v) is 4.82. The minimum absolute atomic E-state index is 0.770. The van der Waals surface area contributed by atoms with Gasteiger partial charge in [0.05, 0.1) is 6.26 Å². The van der Waals surface area contributed by atoms with E-state index in [1.807, 2.05) is 24.3 Å². The molecular weight excluding hydrogens is 316 g/mol. The minimum Gasteiger partial charge on any atom is -0.464 e. The fourth-order valence-corrected chi connectivity index (χ4v) is 3.55. The largest absolute Gasteiger partial charge is 0.464 e. The standard InChI is InChI=1S/C22H13ClO/c23-19-5-7-21-17(13-19)2-1-16-11-14(3-6-20(16)21)15-4-8-22-18(12-15)9-10-24-22/h1-13H. The number of hydrogen-bond acceptors (Lipinski definition) is 1. The smallest absolute Gasteiger partial charge is 0.133 e. The SMILES string of the molecule is Clc1ccc2c(ccc3cc(-c4ccc5occc5c4)ccc32)c1. The summed E-state index contributed by atoms with van der Waals surface area (Å²) in [7, 11) is 0. The first-order valence-electron chi connectivity index (χ1n) is 7.88. The highest BCUT2D eigenvalue weighted by Crippen LogP contribution is 2.32. The fourth-order valence-electron chi connectivity index (χ4n) is 3.37. The Labute approximate surface area is 144 Å². The molecule has 4 aromatic carbocycles. The Morgan fingerprint density at radius 1 is 0.583 bits per heavy atom. The lowest BCUT2D eigenvalue weighted by Crippen LogP contribution is -1.81. The molecule has 0 aliphatic carbocycles. The molecule has 0 unspecified atom stereocenters. The van der Waals surface area contributed by atoms with Crippen LogP contribution in [0.4, 0.5) is 0 Å². The molecule has 0 atom stereocenters. The molecule has 0 aliphatic rings. The van der Waals surface area contributed by atoms with E-state index in [-0.39, 0.29) is 0 Å². The van der Waals surface area contributed by atoms with E-state index in [1.54, 1.807) is 6.26 Å². The van der Waals surface area contributed by atoms with Gasteiger partial charge in [0, 0.05) is 10.4 Å². The van der Waals surface area contributed by atoms with Crippen LogP contribution in [0.5, 0.6) is 0 Å². The van der Waals surface area contributed by atoms with Crippen molar-refractivity contribution in [3.63, 3.8) is 0 Å². The summed E-state index contributed by atoms with van der Waals surface area (Å²) in [6, 6.07) is 25.3. The Bertz CT molecular complexity index is 1220. The van der Waals surface area contributed by atoms with Gasteiger partial charge in [0.2, 0.25) is 0 Å². The highest BCUT2D eigenvalue weighted by atomic mass is 35.5. The van der Waals surface area contributed by atoms with E-state index < -0.39 is 0 Å². The molecule has 0 saturated heterocycles. The zero-order valence-corrected chi connectivity index (χ0v) is 13.5. The maximum atomic E-state index is 6.11. The Hall–Kier alpha value is -2.77. The van der Waals surface area contributed by atoms with Gasteiger partial charge < -0.3 is 4.42 Å². The van der Waals surface area contributed by atoms with Gasteiger partial charge in [-0.05, 0) is 69.1 Å². The molecule has 5 rings (SSSR count). The number of halogens is 1. The monoisotopic (exact) mass is 328 g/mol. The quantitative estimate of drug-likeness (QED) is 0.300. The lowest BCUT2D eigenvalue weighted by molar-refractivity contribution is 0.616. The van der Waals surface area contributed by atoms with Crippen molar-refractivity contribution in [1.29, 1.82) is 0 Å². The van der Waals surface area contributed by atoms with Crippen LogP contribution in [0.1, 0.15) is 0 Å². The normalized spacial score (nSPS) is 11.5. The highest BCUT2D eigenvalue weighted by Gasteiger charge is 2.05. The van der Waals surface area contributed by atoms with Crippen molar-refractivity contribution in [2.45, 2.75) is 0 Å². The number of hydrogen-bond donors (Lipinski definition) is 0. The van der Waals surface area contributed by atoms with Crippen molar-refractivity contribution in [2.75, 3.05) is 0 Å². The summed E-state index contributed by atoms with van der Waals surface area (Å²) in [6.45, 7) is 0. The molecule has 0 aliphatic heterocycles. The Morgan fingerprint density at radius 3 is 2.08 bits per heavy atom. The minimum atomic E-state index is 0.770. The number of benzene rings is 4. The first-order chi connectivity index (χ1) is 11.8. The predicted molar refractivity (Wildman–Crippen MR) is 102 cm³/mol. The zero-order chi connectivity index (χ0) is 16.1. The average Bonchev–Trinajstić information content (AvgIpc) is 3.08. The molecule has 0 N–H and O–H groups in total. The summed E-state index contributed by atoms with van der Waals surface area (Å²) < 4.78 is 5.43.